The fourth-order valence-corrected chi connectivity index (χ4v) is 2.63. The highest BCUT2D eigenvalue weighted by Crippen LogP contribution is 2.16. The maximum Gasteiger partial charge on any atom is 0.255 e. The summed E-state index contributed by atoms with van der Waals surface area (Å²) in [5.41, 5.74) is 0.614. The number of aromatic nitrogens is 1. The van der Waals surface area contributed by atoms with Gasteiger partial charge in [-0.2, -0.15) is 11.8 Å². The molecule has 17 heavy (non-hydrogen) atoms. The summed E-state index contributed by atoms with van der Waals surface area (Å²) in [6, 6.07) is 1.76. The van der Waals surface area contributed by atoms with Crippen molar-refractivity contribution in [2.45, 2.75) is 6.92 Å². The van der Waals surface area contributed by atoms with Gasteiger partial charge in [0, 0.05) is 30.8 Å². The third kappa shape index (κ3) is 3.12. The van der Waals surface area contributed by atoms with E-state index in [9.17, 15) is 4.79 Å². The summed E-state index contributed by atoms with van der Waals surface area (Å²) in [5.74, 6) is 2.75. The van der Waals surface area contributed by atoms with E-state index in [-0.39, 0.29) is 5.91 Å². The summed E-state index contributed by atoms with van der Waals surface area (Å²) < 4.78 is 5.35. The Morgan fingerprint density at radius 3 is 2.94 bits per heavy atom. The summed E-state index contributed by atoms with van der Waals surface area (Å²) in [5, 5.41) is 0. The van der Waals surface area contributed by atoms with Gasteiger partial charge >= 0.3 is 0 Å². The summed E-state index contributed by atoms with van der Waals surface area (Å²) in [7, 11) is 0. The average Bonchev–Trinajstić information content (AvgIpc) is 2.40. The van der Waals surface area contributed by atoms with Crippen LogP contribution >= 0.6 is 11.8 Å². The van der Waals surface area contributed by atoms with E-state index in [1.165, 1.54) is 0 Å². The van der Waals surface area contributed by atoms with Gasteiger partial charge in [0.25, 0.3) is 5.91 Å². The molecule has 2 heterocycles. The monoisotopic (exact) mass is 252 g/mol. The number of rotatable bonds is 3. The highest BCUT2D eigenvalue weighted by Gasteiger charge is 2.18. The number of nitrogens with zero attached hydrogens (tertiary/aromatic N) is 2. The van der Waals surface area contributed by atoms with Crippen LogP contribution in [0.25, 0.3) is 0 Å². The van der Waals surface area contributed by atoms with E-state index in [1.807, 2.05) is 23.6 Å². The van der Waals surface area contributed by atoms with E-state index in [4.69, 9.17) is 4.74 Å². The lowest BCUT2D eigenvalue weighted by atomic mass is 10.2. The Hall–Kier alpha value is -1.23. The molecule has 5 heteroatoms. The van der Waals surface area contributed by atoms with Crippen molar-refractivity contribution in [3.05, 3.63) is 24.0 Å². The molecule has 0 radical (unpaired) electrons. The minimum absolute atomic E-state index is 0.0550. The zero-order valence-corrected chi connectivity index (χ0v) is 10.7. The normalized spacial score (nSPS) is 15.7. The zero-order valence-electron chi connectivity index (χ0n) is 9.89. The van der Waals surface area contributed by atoms with Crippen molar-refractivity contribution >= 4 is 17.7 Å². The molecule has 92 valence electrons. The van der Waals surface area contributed by atoms with Gasteiger partial charge in [0.2, 0.25) is 0 Å². The van der Waals surface area contributed by atoms with Crippen LogP contribution in [0.2, 0.25) is 0 Å². The highest BCUT2D eigenvalue weighted by atomic mass is 32.2. The number of carbonyl (C=O) groups excluding carboxylic acids is 1. The predicted molar refractivity (Wildman–Crippen MR) is 68.6 cm³/mol. The van der Waals surface area contributed by atoms with Gasteiger partial charge in [-0.1, -0.05) is 0 Å². The molecular formula is C12H16N2O2S. The molecule has 1 aliphatic rings. The average molecular weight is 252 g/mol. The molecule has 2 rings (SSSR count). The largest absolute Gasteiger partial charge is 0.492 e. The number of ether oxygens (including phenoxy) is 1. The Morgan fingerprint density at radius 1 is 1.47 bits per heavy atom. The number of hydrogen-bond acceptors (Lipinski definition) is 4. The fourth-order valence-electron chi connectivity index (χ4n) is 1.73. The van der Waals surface area contributed by atoms with Crippen LogP contribution in [0, 0.1) is 0 Å². The predicted octanol–water partition coefficient (Wildman–Crippen LogP) is 1.67. The molecule has 1 aliphatic heterocycles. The molecule has 0 N–H and O–H groups in total. The number of pyridine rings is 1. The number of thioether (sulfide) groups is 1. The SMILES string of the molecule is CCOc1cncc(C(=O)N2CCSCC2)c1. The highest BCUT2D eigenvalue weighted by molar-refractivity contribution is 7.99. The molecule has 0 spiro atoms. The maximum atomic E-state index is 12.2. The van der Waals surface area contributed by atoms with Crippen LogP contribution in [-0.2, 0) is 0 Å². The van der Waals surface area contributed by atoms with Gasteiger partial charge in [0.05, 0.1) is 18.4 Å². The van der Waals surface area contributed by atoms with E-state index in [2.05, 4.69) is 4.98 Å². The van der Waals surface area contributed by atoms with Crippen LogP contribution in [0.4, 0.5) is 0 Å². The van der Waals surface area contributed by atoms with Crippen molar-refractivity contribution in [1.29, 1.82) is 0 Å². The van der Waals surface area contributed by atoms with Gasteiger partial charge in [-0.25, -0.2) is 0 Å². The quantitative estimate of drug-likeness (QED) is 0.820. The standard InChI is InChI=1S/C12H16N2O2S/c1-2-16-11-7-10(8-13-9-11)12(15)14-3-5-17-6-4-14/h7-9H,2-6H2,1H3. The Morgan fingerprint density at radius 2 is 2.24 bits per heavy atom. The number of hydrogen-bond donors (Lipinski definition) is 0. The van der Waals surface area contributed by atoms with E-state index in [1.54, 1.807) is 18.5 Å². The van der Waals surface area contributed by atoms with E-state index in [0.29, 0.717) is 17.9 Å². The van der Waals surface area contributed by atoms with Gasteiger partial charge in [-0.3, -0.25) is 9.78 Å². The van der Waals surface area contributed by atoms with Crippen molar-refractivity contribution < 1.29 is 9.53 Å². The molecule has 1 amide bonds. The minimum Gasteiger partial charge on any atom is -0.492 e. The molecule has 0 bridgehead atoms. The molecule has 0 unspecified atom stereocenters. The topological polar surface area (TPSA) is 42.4 Å². The van der Waals surface area contributed by atoms with Crippen LogP contribution in [0.3, 0.4) is 0 Å². The fraction of sp³-hybridized carbons (Fsp3) is 0.500. The summed E-state index contributed by atoms with van der Waals surface area (Å²) in [4.78, 5) is 18.1. The Balaban J connectivity index is 2.09. The Bertz CT molecular complexity index is 392. The van der Waals surface area contributed by atoms with Gasteiger partial charge in [0.15, 0.2) is 0 Å². The van der Waals surface area contributed by atoms with Gasteiger partial charge in [0.1, 0.15) is 5.75 Å². The second-order valence-corrected chi connectivity index (χ2v) is 4.97. The van der Waals surface area contributed by atoms with Crippen molar-refractivity contribution in [1.82, 2.24) is 9.88 Å². The first-order valence-electron chi connectivity index (χ1n) is 5.76. The lowest BCUT2D eigenvalue weighted by Crippen LogP contribution is -2.37. The first-order valence-corrected chi connectivity index (χ1v) is 6.91. The van der Waals surface area contributed by atoms with Crippen molar-refractivity contribution in [2.24, 2.45) is 0 Å². The second-order valence-electron chi connectivity index (χ2n) is 3.75. The van der Waals surface area contributed by atoms with Crippen LogP contribution in [0.1, 0.15) is 17.3 Å². The molecule has 0 aliphatic carbocycles. The molecule has 0 aromatic carbocycles. The van der Waals surface area contributed by atoms with E-state index < -0.39 is 0 Å². The van der Waals surface area contributed by atoms with Gasteiger partial charge < -0.3 is 9.64 Å². The maximum absolute atomic E-state index is 12.2. The zero-order chi connectivity index (χ0) is 12.1. The van der Waals surface area contributed by atoms with Gasteiger partial charge in [-0.05, 0) is 13.0 Å². The summed E-state index contributed by atoms with van der Waals surface area (Å²) in [6.07, 6.45) is 3.24. The first-order chi connectivity index (χ1) is 8.31. The van der Waals surface area contributed by atoms with E-state index >= 15 is 0 Å². The van der Waals surface area contributed by atoms with Crippen LogP contribution < -0.4 is 4.74 Å². The van der Waals surface area contributed by atoms with Crippen molar-refractivity contribution in [2.75, 3.05) is 31.2 Å². The molecule has 1 aromatic heterocycles. The third-order valence-electron chi connectivity index (χ3n) is 2.57. The van der Waals surface area contributed by atoms with Crippen molar-refractivity contribution in [3.63, 3.8) is 0 Å². The molecule has 1 fully saturated rings. The van der Waals surface area contributed by atoms with Crippen molar-refractivity contribution in [3.8, 4) is 5.75 Å². The number of carbonyl (C=O) groups is 1. The first kappa shape index (κ1) is 12.2. The van der Waals surface area contributed by atoms with E-state index in [0.717, 1.165) is 24.6 Å². The molecule has 1 aromatic rings. The molecular weight excluding hydrogens is 236 g/mol. The molecule has 0 saturated carbocycles. The third-order valence-corrected chi connectivity index (χ3v) is 3.51. The minimum atomic E-state index is 0.0550. The molecule has 0 atom stereocenters. The molecule has 4 nitrogen and oxygen atoms in total. The Labute approximate surface area is 105 Å². The van der Waals surface area contributed by atoms with Crippen LogP contribution in [-0.4, -0.2) is 47.0 Å². The Kier molecular flexibility index (Phi) is 4.25. The smallest absolute Gasteiger partial charge is 0.255 e. The molecule has 1 saturated heterocycles. The number of amides is 1. The van der Waals surface area contributed by atoms with Crippen LogP contribution in [0.15, 0.2) is 18.5 Å². The summed E-state index contributed by atoms with van der Waals surface area (Å²) in [6.45, 7) is 4.14. The summed E-state index contributed by atoms with van der Waals surface area (Å²) >= 11 is 1.89. The second kappa shape index (κ2) is 5.91. The van der Waals surface area contributed by atoms with Gasteiger partial charge in [-0.15, -0.1) is 0 Å². The van der Waals surface area contributed by atoms with Crippen LogP contribution in [0.5, 0.6) is 5.75 Å². The lowest BCUT2D eigenvalue weighted by Gasteiger charge is -2.26. The lowest BCUT2D eigenvalue weighted by molar-refractivity contribution is 0.0771.